The molecular formula is C17H16Br2ClN. The molecule has 0 saturated carbocycles. The van der Waals surface area contributed by atoms with Gasteiger partial charge in [-0.2, -0.15) is 0 Å². The monoisotopic (exact) mass is 427 g/mol. The fourth-order valence-electron chi connectivity index (χ4n) is 3.09. The number of hydrogen-bond donors (Lipinski definition) is 1. The maximum atomic E-state index is 6.13. The van der Waals surface area contributed by atoms with Crippen LogP contribution < -0.4 is 5.32 Å². The second-order valence-corrected chi connectivity index (χ2v) is 7.61. The Kier molecular flexibility index (Phi) is 5.05. The summed E-state index contributed by atoms with van der Waals surface area (Å²) in [6, 6.07) is 15.0. The third-order valence-corrected chi connectivity index (χ3v) is 5.84. The third-order valence-electron chi connectivity index (χ3n) is 4.13. The highest BCUT2D eigenvalue weighted by Crippen LogP contribution is 2.39. The minimum absolute atomic E-state index is 0.490. The Morgan fingerprint density at radius 2 is 1.81 bits per heavy atom. The van der Waals surface area contributed by atoms with Crippen LogP contribution in [0.15, 0.2) is 51.4 Å². The van der Waals surface area contributed by atoms with Gasteiger partial charge in [0.1, 0.15) is 0 Å². The molecule has 21 heavy (non-hydrogen) atoms. The number of piperidine rings is 1. The normalized spacial score (nSPS) is 22.2. The van der Waals surface area contributed by atoms with Gasteiger partial charge in [0, 0.05) is 21.4 Å². The number of nitrogens with one attached hydrogen (secondary N) is 1. The van der Waals surface area contributed by atoms with Gasteiger partial charge in [0.25, 0.3) is 0 Å². The van der Waals surface area contributed by atoms with Crippen LogP contribution >= 0.6 is 43.5 Å². The van der Waals surface area contributed by atoms with Crippen LogP contribution in [0.5, 0.6) is 0 Å². The average Bonchev–Trinajstić information content (AvgIpc) is 2.50. The summed E-state index contributed by atoms with van der Waals surface area (Å²) in [5.41, 5.74) is 2.74. The van der Waals surface area contributed by atoms with E-state index in [0.717, 1.165) is 33.5 Å². The summed E-state index contributed by atoms with van der Waals surface area (Å²) >= 11 is 13.3. The fraction of sp³-hybridized carbons (Fsp3) is 0.294. The number of benzene rings is 2. The second-order valence-electron chi connectivity index (χ2n) is 5.43. The van der Waals surface area contributed by atoms with Crippen molar-refractivity contribution in [2.24, 2.45) is 0 Å². The molecule has 1 N–H and O–H groups in total. The topological polar surface area (TPSA) is 12.0 Å². The Bertz CT molecular complexity index is 644. The van der Waals surface area contributed by atoms with E-state index >= 15 is 0 Å². The van der Waals surface area contributed by atoms with Crippen molar-refractivity contribution < 1.29 is 0 Å². The lowest BCUT2D eigenvalue weighted by Crippen LogP contribution is -2.34. The van der Waals surface area contributed by atoms with Crippen LogP contribution in [0.4, 0.5) is 0 Å². The molecule has 2 atom stereocenters. The molecule has 110 valence electrons. The van der Waals surface area contributed by atoms with Gasteiger partial charge >= 0.3 is 0 Å². The van der Waals surface area contributed by atoms with Crippen molar-refractivity contribution in [3.05, 3.63) is 67.6 Å². The molecule has 2 aromatic carbocycles. The summed E-state index contributed by atoms with van der Waals surface area (Å²) < 4.78 is 2.12. The van der Waals surface area contributed by atoms with Gasteiger partial charge in [-0.25, -0.2) is 0 Å². The summed E-state index contributed by atoms with van der Waals surface area (Å²) in [7, 11) is 0. The van der Waals surface area contributed by atoms with Crippen molar-refractivity contribution in [3.8, 4) is 0 Å². The van der Waals surface area contributed by atoms with Crippen molar-refractivity contribution in [1.82, 2.24) is 5.32 Å². The minimum atomic E-state index is 0.490. The van der Waals surface area contributed by atoms with E-state index in [1.165, 1.54) is 11.1 Å². The molecule has 1 fully saturated rings. The molecule has 0 bridgehead atoms. The predicted molar refractivity (Wildman–Crippen MR) is 96.3 cm³/mol. The predicted octanol–water partition coefficient (Wildman–Crippen LogP) is 5.73. The average molecular weight is 430 g/mol. The second kappa shape index (κ2) is 6.82. The van der Waals surface area contributed by atoms with Crippen molar-refractivity contribution in [2.75, 3.05) is 13.1 Å². The van der Waals surface area contributed by atoms with Gasteiger partial charge in [-0.3, -0.25) is 0 Å². The summed E-state index contributed by atoms with van der Waals surface area (Å²) in [6.45, 7) is 2.08. The molecule has 0 radical (unpaired) electrons. The van der Waals surface area contributed by atoms with Crippen LogP contribution in [-0.2, 0) is 0 Å². The van der Waals surface area contributed by atoms with Gasteiger partial charge in [-0.05, 0) is 70.2 Å². The Hall–Kier alpha value is -0.350. The highest BCUT2D eigenvalue weighted by atomic mass is 79.9. The standard InChI is InChI=1S/C17H16Br2ClN/c18-13-3-1-2-11(8-13)15-10-21-7-6-14(15)12-4-5-17(20)16(19)9-12/h1-5,8-9,14-15,21H,6-7,10H2. The maximum absolute atomic E-state index is 6.13. The molecule has 1 saturated heterocycles. The molecule has 2 unspecified atom stereocenters. The largest absolute Gasteiger partial charge is 0.316 e. The lowest BCUT2D eigenvalue weighted by atomic mass is 9.77. The summed E-state index contributed by atoms with van der Waals surface area (Å²) in [4.78, 5) is 0. The van der Waals surface area contributed by atoms with Gasteiger partial charge < -0.3 is 5.32 Å². The van der Waals surface area contributed by atoms with Crippen LogP contribution in [-0.4, -0.2) is 13.1 Å². The van der Waals surface area contributed by atoms with Crippen molar-refractivity contribution in [3.63, 3.8) is 0 Å². The lowest BCUT2D eigenvalue weighted by molar-refractivity contribution is 0.404. The van der Waals surface area contributed by atoms with Crippen LogP contribution in [0.25, 0.3) is 0 Å². The van der Waals surface area contributed by atoms with Gasteiger partial charge in [0.05, 0.1) is 5.02 Å². The van der Waals surface area contributed by atoms with Crippen molar-refractivity contribution >= 4 is 43.5 Å². The van der Waals surface area contributed by atoms with Crippen LogP contribution in [0.3, 0.4) is 0 Å². The molecule has 0 amide bonds. The fourth-order valence-corrected chi connectivity index (χ4v) is 4.02. The zero-order valence-electron chi connectivity index (χ0n) is 11.5. The van der Waals surface area contributed by atoms with E-state index in [0.29, 0.717) is 11.8 Å². The summed E-state index contributed by atoms with van der Waals surface area (Å²) in [6.07, 6.45) is 1.14. The number of hydrogen-bond acceptors (Lipinski definition) is 1. The molecule has 1 nitrogen and oxygen atoms in total. The quantitative estimate of drug-likeness (QED) is 0.643. The molecule has 2 aromatic rings. The lowest BCUT2D eigenvalue weighted by Gasteiger charge is -2.33. The van der Waals surface area contributed by atoms with Gasteiger partial charge in [0.15, 0.2) is 0 Å². The molecule has 4 heteroatoms. The molecule has 1 heterocycles. The SMILES string of the molecule is Clc1ccc(C2CCNCC2c2cccc(Br)c2)cc1Br. The van der Waals surface area contributed by atoms with Gasteiger partial charge in [-0.15, -0.1) is 0 Å². The Morgan fingerprint density at radius 3 is 2.57 bits per heavy atom. The van der Waals surface area contributed by atoms with Crippen LogP contribution in [0, 0.1) is 0 Å². The van der Waals surface area contributed by atoms with Crippen LogP contribution in [0.2, 0.25) is 5.02 Å². The molecule has 0 spiro atoms. The van der Waals surface area contributed by atoms with Gasteiger partial charge in [-0.1, -0.05) is 45.7 Å². The molecular weight excluding hydrogens is 413 g/mol. The summed E-state index contributed by atoms with van der Waals surface area (Å²) in [5, 5.41) is 4.30. The van der Waals surface area contributed by atoms with Crippen molar-refractivity contribution in [1.29, 1.82) is 0 Å². The first-order chi connectivity index (χ1) is 10.1. The third kappa shape index (κ3) is 3.53. The maximum Gasteiger partial charge on any atom is 0.0548 e. The van der Waals surface area contributed by atoms with Crippen LogP contribution in [0.1, 0.15) is 29.4 Å². The Labute approximate surface area is 147 Å². The molecule has 3 rings (SSSR count). The smallest absolute Gasteiger partial charge is 0.0548 e. The first-order valence-corrected chi connectivity index (χ1v) is 9.02. The van der Waals surface area contributed by atoms with E-state index in [1.54, 1.807) is 0 Å². The highest BCUT2D eigenvalue weighted by Gasteiger charge is 2.28. The van der Waals surface area contributed by atoms with Crippen molar-refractivity contribution in [2.45, 2.75) is 18.3 Å². The number of halogens is 3. The molecule has 1 aliphatic heterocycles. The zero-order valence-corrected chi connectivity index (χ0v) is 15.4. The number of rotatable bonds is 2. The molecule has 1 aliphatic rings. The van der Waals surface area contributed by atoms with E-state index in [4.69, 9.17) is 11.6 Å². The van der Waals surface area contributed by atoms with E-state index in [-0.39, 0.29) is 0 Å². The van der Waals surface area contributed by atoms with Gasteiger partial charge in [0.2, 0.25) is 0 Å². The summed E-state index contributed by atoms with van der Waals surface area (Å²) in [5.74, 6) is 1.01. The van der Waals surface area contributed by atoms with E-state index in [9.17, 15) is 0 Å². The highest BCUT2D eigenvalue weighted by molar-refractivity contribution is 9.10. The van der Waals surface area contributed by atoms with E-state index in [2.05, 4.69) is 73.6 Å². The Balaban J connectivity index is 1.96. The first-order valence-electron chi connectivity index (χ1n) is 7.06. The van der Waals surface area contributed by atoms with E-state index in [1.807, 2.05) is 6.07 Å². The molecule has 0 aliphatic carbocycles. The first kappa shape index (κ1) is 15.5. The Morgan fingerprint density at radius 1 is 1.00 bits per heavy atom. The van der Waals surface area contributed by atoms with E-state index < -0.39 is 0 Å². The zero-order chi connectivity index (χ0) is 14.8. The minimum Gasteiger partial charge on any atom is -0.316 e. The molecule has 0 aromatic heterocycles.